The maximum absolute atomic E-state index is 11.6. The predicted octanol–water partition coefficient (Wildman–Crippen LogP) is 2.70. The molecule has 0 aliphatic heterocycles. The molecule has 5 nitrogen and oxygen atoms in total. The van der Waals surface area contributed by atoms with Crippen LogP contribution in [0.5, 0.6) is 0 Å². The summed E-state index contributed by atoms with van der Waals surface area (Å²) in [6, 6.07) is 2.95. The van der Waals surface area contributed by atoms with Gasteiger partial charge in [-0.3, -0.25) is 0 Å². The molecular weight excluding hydrogens is 292 g/mol. The molecule has 0 aliphatic carbocycles. The van der Waals surface area contributed by atoms with E-state index in [0.717, 1.165) is 0 Å². The number of carbonyl (C=O) groups excluding carboxylic acids is 1. The highest BCUT2D eigenvalue weighted by molar-refractivity contribution is 9.10. The van der Waals surface area contributed by atoms with E-state index in [1.54, 1.807) is 0 Å². The molecule has 0 saturated heterocycles. The Labute approximate surface area is 107 Å². The minimum atomic E-state index is -1.15. The summed E-state index contributed by atoms with van der Waals surface area (Å²) < 4.78 is 10.2. The molecule has 0 aromatic carbocycles. The first kappa shape index (κ1) is 13.8. The largest absolute Gasteiger partial charge is 0.479 e. The molecule has 6 heteroatoms. The maximum Gasteiger partial charge on any atom is 0.375 e. The number of halogens is 1. The van der Waals surface area contributed by atoms with Gasteiger partial charge in [0.1, 0.15) is 0 Å². The number of rotatable bonds is 5. The highest BCUT2D eigenvalue weighted by Crippen LogP contribution is 2.17. The molecule has 17 heavy (non-hydrogen) atoms. The average molecular weight is 305 g/mol. The van der Waals surface area contributed by atoms with Crippen molar-refractivity contribution in [2.75, 3.05) is 0 Å². The van der Waals surface area contributed by atoms with Crippen LogP contribution in [0.1, 0.15) is 30.8 Å². The van der Waals surface area contributed by atoms with Crippen LogP contribution in [0.15, 0.2) is 21.2 Å². The Bertz CT molecular complexity index is 410. The molecule has 0 unspecified atom stereocenters. The van der Waals surface area contributed by atoms with E-state index < -0.39 is 18.0 Å². The third-order valence-corrected chi connectivity index (χ3v) is 2.41. The molecule has 0 bridgehead atoms. The Morgan fingerprint density at radius 1 is 1.47 bits per heavy atom. The van der Waals surface area contributed by atoms with Gasteiger partial charge in [0.15, 0.2) is 10.8 Å². The van der Waals surface area contributed by atoms with E-state index in [4.69, 9.17) is 14.3 Å². The van der Waals surface area contributed by atoms with Crippen molar-refractivity contribution in [3.8, 4) is 0 Å². The van der Waals surface area contributed by atoms with Crippen LogP contribution in [0, 0.1) is 5.92 Å². The number of hydrogen-bond acceptors (Lipinski definition) is 4. The number of ether oxygens (including phenoxy) is 1. The molecule has 0 fully saturated rings. The molecule has 0 spiro atoms. The number of aliphatic carboxylic acids is 1. The van der Waals surface area contributed by atoms with Gasteiger partial charge < -0.3 is 14.3 Å². The molecule has 1 aromatic rings. The van der Waals surface area contributed by atoms with Crippen LogP contribution in [-0.2, 0) is 9.53 Å². The first-order valence-electron chi connectivity index (χ1n) is 5.09. The van der Waals surface area contributed by atoms with Crippen molar-refractivity contribution >= 4 is 27.9 Å². The van der Waals surface area contributed by atoms with Crippen LogP contribution in [0.2, 0.25) is 0 Å². The molecule has 0 aliphatic rings. The maximum atomic E-state index is 11.6. The highest BCUT2D eigenvalue weighted by Gasteiger charge is 2.25. The second-order valence-electron chi connectivity index (χ2n) is 3.97. The predicted molar refractivity (Wildman–Crippen MR) is 62.7 cm³/mol. The topological polar surface area (TPSA) is 76.7 Å². The van der Waals surface area contributed by atoms with E-state index in [9.17, 15) is 9.59 Å². The van der Waals surface area contributed by atoms with E-state index in [-0.39, 0.29) is 18.1 Å². The standard InChI is InChI=1S/C11H13BrO5/c1-6(2)5-8(10(13)14)17-11(15)7-3-4-9(12)16-7/h3-4,6,8H,5H2,1-2H3,(H,13,14)/t8-/m1/s1. The van der Waals surface area contributed by atoms with Gasteiger partial charge in [-0.25, -0.2) is 9.59 Å². The monoisotopic (exact) mass is 304 g/mol. The number of carbonyl (C=O) groups is 2. The van der Waals surface area contributed by atoms with Crippen LogP contribution in [0.3, 0.4) is 0 Å². The Morgan fingerprint density at radius 2 is 2.12 bits per heavy atom. The average Bonchev–Trinajstić information content (AvgIpc) is 2.63. The molecule has 1 aromatic heterocycles. The van der Waals surface area contributed by atoms with Crippen LogP contribution >= 0.6 is 15.9 Å². The van der Waals surface area contributed by atoms with E-state index in [0.29, 0.717) is 4.67 Å². The number of carboxylic acid groups (broad SMARTS) is 1. The lowest BCUT2D eigenvalue weighted by Gasteiger charge is -2.14. The van der Waals surface area contributed by atoms with Crippen molar-refractivity contribution < 1.29 is 23.8 Å². The highest BCUT2D eigenvalue weighted by atomic mass is 79.9. The minimum absolute atomic E-state index is 0.0214. The normalized spacial score (nSPS) is 12.5. The number of furan rings is 1. The summed E-state index contributed by atoms with van der Waals surface area (Å²) in [5.74, 6) is -1.83. The van der Waals surface area contributed by atoms with Crippen LogP contribution in [0.25, 0.3) is 0 Å². The van der Waals surface area contributed by atoms with Gasteiger partial charge in [0.2, 0.25) is 5.76 Å². The molecule has 0 saturated carbocycles. The number of esters is 1. The summed E-state index contributed by atoms with van der Waals surface area (Å²) in [4.78, 5) is 22.4. The zero-order valence-corrected chi connectivity index (χ0v) is 11.1. The van der Waals surface area contributed by atoms with E-state index in [1.807, 2.05) is 13.8 Å². The van der Waals surface area contributed by atoms with Gasteiger partial charge in [-0.1, -0.05) is 13.8 Å². The lowest BCUT2D eigenvalue weighted by Crippen LogP contribution is -2.28. The van der Waals surface area contributed by atoms with Gasteiger partial charge in [0.05, 0.1) is 0 Å². The van der Waals surface area contributed by atoms with Crippen LogP contribution in [-0.4, -0.2) is 23.1 Å². The molecule has 1 atom stereocenters. The first-order valence-corrected chi connectivity index (χ1v) is 5.88. The summed E-state index contributed by atoms with van der Waals surface area (Å²) in [5, 5.41) is 8.91. The minimum Gasteiger partial charge on any atom is -0.479 e. The van der Waals surface area contributed by atoms with E-state index >= 15 is 0 Å². The number of hydrogen-bond donors (Lipinski definition) is 1. The Morgan fingerprint density at radius 3 is 2.53 bits per heavy atom. The molecule has 0 radical (unpaired) electrons. The molecule has 1 heterocycles. The zero-order valence-electron chi connectivity index (χ0n) is 9.47. The molecule has 94 valence electrons. The van der Waals surface area contributed by atoms with E-state index in [2.05, 4.69) is 15.9 Å². The molecular formula is C11H13BrO5. The summed E-state index contributed by atoms with van der Waals surface area (Å²) in [6.45, 7) is 3.71. The quantitative estimate of drug-likeness (QED) is 0.846. The Hall–Kier alpha value is -1.30. The SMILES string of the molecule is CC(C)C[C@@H](OC(=O)c1ccc(Br)o1)C(=O)O. The fraction of sp³-hybridized carbons (Fsp3) is 0.455. The lowest BCUT2D eigenvalue weighted by atomic mass is 10.1. The van der Waals surface area contributed by atoms with Crippen molar-refractivity contribution in [3.05, 3.63) is 22.6 Å². The van der Waals surface area contributed by atoms with Gasteiger partial charge in [-0.15, -0.1) is 0 Å². The van der Waals surface area contributed by atoms with Crippen molar-refractivity contribution in [1.82, 2.24) is 0 Å². The second kappa shape index (κ2) is 5.86. The Balaban J connectivity index is 2.67. The summed E-state index contributed by atoms with van der Waals surface area (Å²) in [6.07, 6.45) is -0.880. The van der Waals surface area contributed by atoms with Gasteiger partial charge >= 0.3 is 11.9 Å². The smallest absolute Gasteiger partial charge is 0.375 e. The van der Waals surface area contributed by atoms with Crippen molar-refractivity contribution in [2.24, 2.45) is 5.92 Å². The van der Waals surface area contributed by atoms with Crippen molar-refractivity contribution in [1.29, 1.82) is 0 Å². The van der Waals surface area contributed by atoms with Crippen molar-refractivity contribution in [2.45, 2.75) is 26.4 Å². The van der Waals surface area contributed by atoms with Gasteiger partial charge in [0.25, 0.3) is 0 Å². The summed E-state index contributed by atoms with van der Waals surface area (Å²) in [7, 11) is 0. The second-order valence-corrected chi connectivity index (χ2v) is 4.75. The zero-order chi connectivity index (χ0) is 13.0. The van der Waals surface area contributed by atoms with E-state index in [1.165, 1.54) is 12.1 Å². The fourth-order valence-corrected chi connectivity index (χ4v) is 1.55. The molecule has 1 rings (SSSR count). The summed E-state index contributed by atoms with van der Waals surface area (Å²) in [5.41, 5.74) is 0. The van der Waals surface area contributed by atoms with Crippen LogP contribution in [0.4, 0.5) is 0 Å². The molecule has 1 N–H and O–H groups in total. The van der Waals surface area contributed by atoms with Gasteiger partial charge in [-0.05, 0) is 40.4 Å². The first-order chi connectivity index (χ1) is 7.90. The summed E-state index contributed by atoms with van der Waals surface area (Å²) >= 11 is 3.05. The lowest BCUT2D eigenvalue weighted by molar-refractivity contribution is -0.148. The van der Waals surface area contributed by atoms with Gasteiger partial charge in [0, 0.05) is 0 Å². The third-order valence-electron chi connectivity index (χ3n) is 1.98. The van der Waals surface area contributed by atoms with Crippen molar-refractivity contribution in [3.63, 3.8) is 0 Å². The fourth-order valence-electron chi connectivity index (χ4n) is 1.24. The molecule has 0 amide bonds. The van der Waals surface area contributed by atoms with Crippen LogP contribution < -0.4 is 0 Å². The third kappa shape index (κ3) is 4.22. The Kier molecular flexibility index (Phi) is 4.74. The number of carboxylic acids is 1. The van der Waals surface area contributed by atoms with Gasteiger partial charge in [-0.2, -0.15) is 0 Å².